The first kappa shape index (κ1) is 29.0. The number of amides is 4. The van der Waals surface area contributed by atoms with E-state index in [2.05, 4.69) is 10.6 Å². The summed E-state index contributed by atoms with van der Waals surface area (Å²) in [5, 5.41) is 5.10. The minimum absolute atomic E-state index is 0.0161. The molecule has 1 saturated heterocycles. The van der Waals surface area contributed by atoms with Gasteiger partial charge in [-0.15, -0.1) is 0 Å². The summed E-state index contributed by atoms with van der Waals surface area (Å²) in [5.41, 5.74) is 1.32. The van der Waals surface area contributed by atoms with Gasteiger partial charge in [0.05, 0.1) is 27.5 Å². The molecule has 2 aliphatic rings. The average Bonchev–Trinajstić information content (AvgIpc) is 2.93. The molecular formula is C28H25Cl2F4N5O2. The quantitative estimate of drug-likeness (QED) is 0.302. The molecule has 41 heavy (non-hydrogen) atoms. The van der Waals surface area contributed by atoms with Gasteiger partial charge in [-0.05, 0) is 48.5 Å². The smallest absolute Gasteiger partial charge is 0.307 e. The van der Waals surface area contributed by atoms with Crippen LogP contribution < -0.4 is 20.4 Å². The number of hydrogen-bond acceptors (Lipinski definition) is 3. The molecule has 13 heteroatoms. The molecule has 3 aromatic rings. The second kappa shape index (κ2) is 11.8. The highest BCUT2D eigenvalue weighted by atomic mass is 35.5. The molecule has 5 rings (SSSR count). The topological polar surface area (TPSA) is 67.9 Å². The van der Waals surface area contributed by atoms with Gasteiger partial charge in [-0.2, -0.15) is 0 Å². The van der Waals surface area contributed by atoms with Crippen molar-refractivity contribution in [1.29, 1.82) is 0 Å². The summed E-state index contributed by atoms with van der Waals surface area (Å²) in [6.07, 6.45) is -0.627. The van der Waals surface area contributed by atoms with Crippen LogP contribution >= 0.6 is 23.2 Å². The Morgan fingerprint density at radius 2 is 1.37 bits per heavy atom. The number of piperidine rings is 1. The summed E-state index contributed by atoms with van der Waals surface area (Å²) < 4.78 is 55.1. The Bertz CT molecular complexity index is 1470. The maximum Gasteiger partial charge on any atom is 0.326 e. The minimum atomic E-state index is -2.75. The molecule has 216 valence electrons. The van der Waals surface area contributed by atoms with Crippen LogP contribution in [-0.4, -0.2) is 55.1 Å². The Balaban J connectivity index is 1.46. The van der Waals surface area contributed by atoms with E-state index in [1.54, 1.807) is 24.3 Å². The van der Waals surface area contributed by atoms with E-state index in [1.165, 1.54) is 34.1 Å². The molecule has 0 aromatic heterocycles. The first-order valence-corrected chi connectivity index (χ1v) is 13.5. The van der Waals surface area contributed by atoms with Crippen molar-refractivity contribution < 1.29 is 27.2 Å². The Kier molecular flexibility index (Phi) is 8.30. The molecule has 4 amide bonds. The number of fused-ring (bicyclic) bond motifs is 1. The normalized spacial score (nSPS) is 18.5. The number of urea groups is 2. The molecule has 2 heterocycles. The number of carbonyl (C=O) groups excluding carboxylic acids is 2. The maximum absolute atomic E-state index is 13.9. The van der Waals surface area contributed by atoms with Gasteiger partial charge in [0.15, 0.2) is 0 Å². The van der Waals surface area contributed by atoms with Crippen molar-refractivity contribution in [2.45, 2.75) is 24.8 Å². The highest BCUT2D eigenvalue weighted by Crippen LogP contribution is 2.37. The number of alkyl halides is 2. The molecule has 0 spiro atoms. The van der Waals surface area contributed by atoms with Crippen molar-refractivity contribution in [3.8, 4) is 0 Å². The van der Waals surface area contributed by atoms with Crippen molar-refractivity contribution in [2.24, 2.45) is 0 Å². The lowest BCUT2D eigenvalue weighted by molar-refractivity contribution is -0.0557. The number of para-hydroxylation sites is 2. The fourth-order valence-electron chi connectivity index (χ4n) is 4.97. The predicted octanol–water partition coefficient (Wildman–Crippen LogP) is 7.46. The maximum atomic E-state index is 13.9. The van der Waals surface area contributed by atoms with Gasteiger partial charge >= 0.3 is 12.1 Å². The monoisotopic (exact) mass is 609 g/mol. The Morgan fingerprint density at radius 1 is 0.829 bits per heavy atom. The molecule has 1 unspecified atom stereocenters. The average molecular weight is 610 g/mol. The number of halogens is 6. The Morgan fingerprint density at radius 3 is 1.93 bits per heavy atom. The molecule has 0 saturated carbocycles. The van der Waals surface area contributed by atoms with Crippen LogP contribution in [-0.2, 0) is 0 Å². The van der Waals surface area contributed by atoms with Crippen LogP contribution in [0.5, 0.6) is 0 Å². The molecule has 3 aromatic carbocycles. The highest BCUT2D eigenvalue weighted by molar-refractivity contribution is 6.31. The zero-order valence-electron chi connectivity index (χ0n) is 21.5. The lowest BCUT2D eigenvalue weighted by Crippen LogP contribution is -2.59. The Labute approximate surface area is 243 Å². The van der Waals surface area contributed by atoms with Crippen molar-refractivity contribution >= 4 is 58.0 Å². The first-order valence-electron chi connectivity index (χ1n) is 12.8. The van der Waals surface area contributed by atoms with Crippen LogP contribution in [0.3, 0.4) is 0 Å². The Hall–Kier alpha value is -3.54. The van der Waals surface area contributed by atoms with Gasteiger partial charge in [0.2, 0.25) is 0 Å². The summed E-state index contributed by atoms with van der Waals surface area (Å²) >= 11 is 11.8. The summed E-state index contributed by atoms with van der Waals surface area (Å²) in [4.78, 5) is 31.9. The molecule has 0 aliphatic carbocycles. The summed E-state index contributed by atoms with van der Waals surface area (Å²) in [6, 6.07) is 12.5. The van der Waals surface area contributed by atoms with E-state index >= 15 is 0 Å². The van der Waals surface area contributed by atoms with Crippen molar-refractivity contribution in [1.82, 2.24) is 4.90 Å². The van der Waals surface area contributed by atoms with Gasteiger partial charge in [-0.1, -0.05) is 35.3 Å². The molecule has 0 bridgehead atoms. The number of benzene rings is 3. The van der Waals surface area contributed by atoms with Crippen molar-refractivity contribution in [3.63, 3.8) is 0 Å². The van der Waals surface area contributed by atoms with Crippen LogP contribution in [0.25, 0.3) is 0 Å². The third-order valence-corrected chi connectivity index (χ3v) is 7.63. The summed E-state index contributed by atoms with van der Waals surface area (Å²) in [6.45, 7) is 0.458. The number of anilines is 4. The molecule has 0 radical (unpaired) electrons. The third kappa shape index (κ3) is 6.52. The fourth-order valence-corrected chi connectivity index (χ4v) is 5.33. The predicted molar refractivity (Wildman–Crippen MR) is 152 cm³/mol. The van der Waals surface area contributed by atoms with Gasteiger partial charge in [0, 0.05) is 50.4 Å². The van der Waals surface area contributed by atoms with Crippen LogP contribution in [0.4, 0.5) is 49.9 Å². The lowest BCUT2D eigenvalue weighted by Gasteiger charge is -2.44. The number of carbonyl (C=O) groups is 2. The van der Waals surface area contributed by atoms with Gasteiger partial charge in [0.25, 0.3) is 5.92 Å². The fraction of sp³-hybridized carbons (Fsp3) is 0.286. The summed E-state index contributed by atoms with van der Waals surface area (Å²) in [7, 11) is 0. The number of hydrogen-bond donors (Lipinski definition) is 2. The van der Waals surface area contributed by atoms with Crippen molar-refractivity contribution in [2.75, 3.05) is 46.6 Å². The molecule has 7 nitrogen and oxygen atoms in total. The van der Waals surface area contributed by atoms with E-state index in [-0.39, 0.29) is 60.4 Å². The molecule has 2 aliphatic heterocycles. The van der Waals surface area contributed by atoms with Crippen molar-refractivity contribution in [3.05, 3.63) is 82.3 Å². The van der Waals surface area contributed by atoms with Crippen LogP contribution in [0.2, 0.25) is 10.0 Å². The number of likely N-dealkylation sites (tertiary alicyclic amines) is 1. The summed E-state index contributed by atoms with van der Waals surface area (Å²) in [5.74, 6) is -4.03. The third-order valence-electron chi connectivity index (χ3n) is 7.05. The first-order chi connectivity index (χ1) is 19.5. The van der Waals surface area contributed by atoms with E-state index in [1.807, 2.05) is 4.90 Å². The van der Waals surface area contributed by atoms with Crippen LogP contribution in [0.15, 0.2) is 60.7 Å². The van der Waals surface area contributed by atoms with E-state index in [0.717, 1.165) is 12.1 Å². The zero-order chi connectivity index (χ0) is 29.3. The molecule has 1 atom stereocenters. The largest absolute Gasteiger partial charge is 0.326 e. The molecule has 2 N–H and O–H groups in total. The van der Waals surface area contributed by atoms with E-state index < -0.39 is 35.7 Å². The number of nitrogens with zero attached hydrogens (tertiary/aromatic N) is 3. The lowest BCUT2D eigenvalue weighted by atomic mass is 10.0. The number of rotatable bonds is 4. The highest BCUT2D eigenvalue weighted by Gasteiger charge is 2.40. The number of nitrogens with one attached hydrogen (secondary N) is 2. The van der Waals surface area contributed by atoms with E-state index in [9.17, 15) is 27.2 Å². The molecule has 1 fully saturated rings. The second-order valence-corrected chi connectivity index (χ2v) is 10.7. The van der Waals surface area contributed by atoms with Gasteiger partial charge in [-0.25, -0.2) is 27.2 Å². The van der Waals surface area contributed by atoms with Crippen LogP contribution in [0.1, 0.15) is 12.8 Å². The second-order valence-electron chi connectivity index (χ2n) is 9.90. The van der Waals surface area contributed by atoms with Crippen LogP contribution in [0, 0.1) is 11.6 Å². The zero-order valence-corrected chi connectivity index (χ0v) is 23.0. The van der Waals surface area contributed by atoms with Gasteiger partial charge in [-0.3, -0.25) is 9.80 Å². The minimum Gasteiger partial charge on any atom is -0.307 e. The van der Waals surface area contributed by atoms with Gasteiger partial charge in [0.1, 0.15) is 11.6 Å². The van der Waals surface area contributed by atoms with Gasteiger partial charge < -0.3 is 15.5 Å². The molecular weight excluding hydrogens is 585 g/mol. The van der Waals surface area contributed by atoms with E-state index in [0.29, 0.717) is 11.4 Å². The van der Waals surface area contributed by atoms with E-state index in [4.69, 9.17) is 23.2 Å². The standard InChI is InChI=1S/C28H25Cl2F4N5O2/c29-20-13-17(5-7-22(20)31)35-26(40)38-16-19(15-37-11-9-28(33,34)10-12-37)39(25-4-2-1-3-24(25)38)27(41)36-18-6-8-23(32)21(30)14-18/h1-8,13-14,19H,9-12,15-16H2,(H,35,40)(H,36,41). The SMILES string of the molecule is O=C(Nc1ccc(F)c(Cl)c1)N1CC(CN2CCC(F)(F)CC2)N(C(=O)Nc2ccc(F)c(Cl)c2)c2ccccc21.